The van der Waals surface area contributed by atoms with Crippen LogP contribution in [0.5, 0.6) is 0 Å². The number of hydrogen-bond acceptors (Lipinski definition) is 4. The van der Waals surface area contributed by atoms with Gasteiger partial charge in [0, 0.05) is 22.1 Å². The summed E-state index contributed by atoms with van der Waals surface area (Å²) in [6.45, 7) is 1.65. The topological polar surface area (TPSA) is 90.5 Å². The third-order valence-electron chi connectivity index (χ3n) is 3.80. The Morgan fingerprint density at radius 1 is 1.26 bits per heavy atom. The van der Waals surface area contributed by atoms with Crippen LogP contribution in [-0.2, 0) is 11.2 Å². The molecule has 27 heavy (non-hydrogen) atoms. The van der Waals surface area contributed by atoms with E-state index in [2.05, 4.69) is 32.0 Å². The average molecular weight is 453 g/mol. The van der Waals surface area contributed by atoms with Crippen molar-refractivity contribution in [2.75, 3.05) is 12.4 Å². The van der Waals surface area contributed by atoms with Crippen molar-refractivity contribution in [1.82, 2.24) is 15.8 Å². The number of thiophene rings is 1. The second-order valence-corrected chi connectivity index (χ2v) is 8.12. The molecule has 0 bridgehead atoms. The maximum absolute atomic E-state index is 12.3. The largest absolute Gasteiger partial charge is 0.338 e. The predicted molar refractivity (Wildman–Crippen MR) is 110 cm³/mol. The van der Waals surface area contributed by atoms with Crippen molar-refractivity contribution in [2.45, 2.75) is 25.3 Å². The van der Waals surface area contributed by atoms with E-state index >= 15 is 0 Å². The van der Waals surface area contributed by atoms with E-state index in [9.17, 15) is 14.4 Å². The van der Waals surface area contributed by atoms with Gasteiger partial charge in [0.2, 0.25) is 0 Å². The molecule has 4 amide bonds. The zero-order chi connectivity index (χ0) is 19.9. The molecule has 0 aliphatic heterocycles. The van der Waals surface area contributed by atoms with E-state index in [1.165, 1.54) is 7.05 Å². The minimum Gasteiger partial charge on any atom is -0.325 e. The molecule has 144 valence electrons. The quantitative estimate of drug-likeness (QED) is 0.459. The molecule has 2 aromatic rings. The van der Waals surface area contributed by atoms with Crippen LogP contribution in [0, 0.1) is 0 Å². The van der Waals surface area contributed by atoms with Gasteiger partial charge in [0.05, 0.1) is 5.54 Å². The summed E-state index contributed by atoms with van der Waals surface area (Å²) in [5.74, 6) is 0. The number of urea groups is 2. The number of aryl methyl sites for hydroxylation is 1. The van der Waals surface area contributed by atoms with Crippen molar-refractivity contribution in [2.24, 2.45) is 0 Å². The predicted octanol–water partition coefficient (Wildman–Crippen LogP) is 3.78. The molecular weight excluding hydrogens is 432 g/mol. The molecule has 7 nitrogen and oxygen atoms in total. The molecule has 0 saturated heterocycles. The van der Waals surface area contributed by atoms with Crippen LogP contribution in [0.25, 0.3) is 0 Å². The van der Waals surface area contributed by atoms with Gasteiger partial charge >= 0.3 is 12.1 Å². The number of rotatable bonds is 6. The van der Waals surface area contributed by atoms with Crippen LogP contribution < -0.4 is 16.1 Å². The number of benzene rings is 1. The van der Waals surface area contributed by atoms with Gasteiger partial charge in [-0.3, -0.25) is 0 Å². The minimum atomic E-state index is -1.03. The van der Waals surface area contributed by atoms with E-state index in [0.717, 1.165) is 14.4 Å². The Balaban J connectivity index is 1.85. The molecule has 1 aromatic carbocycles. The van der Waals surface area contributed by atoms with E-state index in [0.29, 0.717) is 24.8 Å². The lowest BCUT2D eigenvalue weighted by Gasteiger charge is -2.28. The first-order valence-corrected chi connectivity index (χ1v) is 9.86. The lowest BCUT2D eigenvalue weighted by molar-refractivity contribution is -0.112. The Morgan fingerprint density at radius 3 is 2.56 bits per heavy atom. The minimum absolute atomic E-state index is 0.460. The molecule has 9 heteroatoms. The number of hydrogen-bond donors (Lipinski definition) is 3. The van der Waals surface area contributed by atoms with E-state index in [1.807, 2.05) is 17.5 Å². The fraction of sp³-hybridized carbons (Fsp3) is 0.278. The average Bonchev–Trinajstić information content (AvgIpc) is 3.15. The summed E-state index contributed by atoms with van der Waals surface area (Å²) in [6.07, 6.45) is 1.85. The maximum Gasteiger partial charge on any atom is 0.338 e. The van der Waals surface area contributed by atoms with Gasteiger partial charge in [-0.25, -0.2) is 20.0 Å². The van der Waals surface area contributed by atoms with Gasteiger partial charge in [-0.1, -0.05) is 22.0 Å². The highest BCUT2D eigenvalue weighted by Gasteiger charge is 2.27. The Bertz CT molecular complexity index is 782. The first-order valence-electron chi connectivity index (χ1n) is 8.19. The van der Waals surface area contributed by atoms with Gasteiger partial charge in [-0.2, -0.15) is 0 Å². The first-order chi connectivity index (χ1) is 12.8. The number of carbonyl (C=O) groups is 3. The third-order valence-corrected chi connectivity index (χ3v) is 5.26. The Kier molecular flexibility index (Phi) is 7.37. The number of halogens is 1. The number of anilines is 1. The summed E-state index contributed by atoms with van der Waals surface area (Å²) in [5, 5.41) is 8.24. The smallest absolute Gasteiger partial charge is 0.325 e. The normalized spacial score (nSPS) is 12.6. The number of carbonyl (C=O) groups excluding carboxylic acids is 3. The number of aldehydes is 1. The van der Waals surface area contributed by atoms with Crippen molar-refractivity contribution in [3.8, 4) is 0 Å². The standard InChI is InChI=1S/C18H21BrN4O3S/c1-18(12-24,10-9-15-4-3-11-27-15)21-17(26)23(2)22-16(25)20-14-7-5-13(19)6-8-14/h3-8,11-12H,9-10H2,1-2H3,(H,21,26)(H2,20,22,25). The van der Waals surface area contributed by atoms with Crippen LogP contribution >= 0.6 is 27.3 Å². The maximum atomic E-state index is 12.3. The molecule has 3 N–H and O–H groups in total. The van der Waals surface area contributed by atoms with Gasteiger partial charge in [-0.05, 0) is 55.5 Å². The van der Waals surface area contributed by atoms with Gasteiger partial charge in [-0.15, -0.1) is 11.3 Å². The lowest BCUT2D eigenvalue weighted by Crippen LogP contribution is -2.56. The van der Waals surface area contributed by atoms with Crippen molar-refractivity contribution in [1.29, 1.82) is 0 Å². The molecule has 2 rings (SSSR count). The zero-order valence-corrected chi connectivity index (χ0v) is 17.4. The Morgan fingerprint density at radius 2 is 1.96 bits per heavy atom. The van der Waals surface area contributed by atoms with E-state index < -0.39 is 17.6 Å². The monoisotopic (exact) mass is 452 g/mol. The van der Waals surface area contributed by atoms with Crippen molar-refractivity contribution in [3.63, 3.8) is 0 Å². The molecule has 0 saturated carbocycles. The van der Waals surface area contributed by atoms with Crippen LogP contribution in [0.15, 0.2) is 46.3 Å². The second kappa shape index (κ2) is 9.52. The lowest BCUT2D eigenvalue weighted by atomic mass is 9.97. The summed E-state index contributed by atoms with van der Waals surface area (Å²) >= 11 is 4.92. The van der Waals surface area contributed by atoms with Gasteiger partial charge < -0.3 is 15.4 Å². The molecule has 0 fully saturated rings. The van der Waals surface area contributed by atoms with Crippen molar-refractivity contribution in [3.05, 3.63) is 51.1 Å². The molecule has 1 heterocycles. The number of amides is 4. The summed E-state index contributed by atoms with van der Waals surface area (Å²) < 4.78 is 0.889. The Hall–Kier alpha value is -2.39. The highest BCUT2D eigenvalue weighted by molar-refractivity contribution is 9.10. The zero-order valence-electron chi connectivity index (χ0n) is 15.0. The molecular formula is C18H21BrN4O3S. The van der Waals surface area contributed by atoms with Crippen LogP contribution in [0.2, 0.25) is 0 Å². The van der Waals surface area contributed by atoms with E-state index in [-0.39, 0.29) is 0 Å². The summed E-state index contributed by atoms with van der Waals surface area (Å²) in [5.41, 5.74) is 1.96. The summed E-state index contributed by atoms with van der Waals surface area (Å²) in [7, 11) is 1.40. The van der Waals surface area contributed by atoms with Crippen molar-refractivity contribution < 1.29 is 14.4 Å². The van der Waals surface area contributed by atoms with Gasteiger partial charge in [0.15, 0.2) is 0 Å². The molecule has 1 unspecified atom stereocenters. The fourth-order valence-electron chi connectivity index (χ4n) is 2.21. The third kappa shape index (κ3) is 6.69. The molecule has 0 aliphatic carbocycles. The van der Waals surface area contributed by atoms with Crippen molar-refractivity contribution >= 4 is 51.3 Å². The van der Waals surface area contributed by atoms with Gasteiger partial charge in [0.25, 0.3) is 0 Å². The number of hydrazine groups is 1. The first kappa shape index (κ1) is 20.9. The van der Waals surface area contributed by atoms with Crippen LogP contribution in [0.3, 0.4) is 0 Å². The molecule has 1 aromatic heterocycles. The van der Waals surface area contributed by atoms with E-state index in [4.69, 9.17) is 0 Å². The molecule has 1 atom stereocenters. The highest BCUT2D eigenvalue weighted by Crippen LogP contribution is 2.17. The number of nitrogens with zero attached hydrogens (tertiary/aromatic N) is 1. The molecule has 0 radical (unpaired) electrons. The van der Waals surface area contributed by atoms with E-state index in [1.54, 1.807) is 42.5 Å². The molecule has 0 aliphatic rings. The fourth-order valence-corrected chi connectivity index (χ4v) is 3.19. The van der Waals surface area contributed by atoms with Crippen LogP contribution in [0.1, 0.15) is 18.2 Å². The highest BCUT2D eigenvalue weighted by atomic mass is 79.9. The van der Waals surface area contributed by atoms with Crippen LogP contribution in [0.4, 0.5) is 15.3 Å². The Labute approximate surface area is 170 Å². The SMILES string of the molecule is CN(NC(=O)Nc1ccc(Br)cc1)C(=O)NC(C)(C=O)CCc1cccs1. The molecule has 0 spiro atoms. The number of nitrogens with one attached hydrogen (secondary N) is 3. The van der Waals surface area contributed by atoms with Gasteiger partial charge in [0.1, 0.15) is 6.29 Å². The second-order valence-electron chi connectivity index (χ2n) is 6.18. The summed E-state index contributed by atoms with van der Waals surface area (Å²) in [6, 6.07) is 9.79. The summed E-state index contributed by atoms with van der Waals surface area (Å²) in [4.78, 5) is 37.0. The van der Waals surface area contributed by atoms with Crippen LogP contribution in [-0.4, -0.2) is 35.9 Å².